The summed E-state index contributed by atoms with van der Waals surface area (Å²) in [6.45, 7) is 0.457. The third-order valence-corrected chi connectivity index (χ3v) is 3.45. The lowest BCUT2D eigenvalue weighted by Crippen LogP contribution is -2.37. The van der Waals surface area contributed by atoms with E-state index >= 15 is 0 Å². The minimum atomic E-state index is -5.19. The second-order valence-electron chi connectivity index (χ2n) is 5.50. The maximum atomic E-state index is 10.6. The third kappa shape index (κ3) is 6.01. The van der Waals surface area contributed by atoms with Crippen molar-refractivity contribution in [3.05, 3.63) is 55.0 Å². The van der Waals surface area contributed by atoms with Crippen LogP contribution in [0.15, 0.2) is 55.0 Å². The molecule has 0 aliphatic heterocycles. The summed E-state index contributed by atoms with van der Waals surface area (Å²) in [5.41, 5.74) is 3.49. The minimum absolute atomic E-state index is 0.111. The van der Waals surface area contributed by atoms with Gasteiger partial charge in [-0.25, -0.2) is 9.55 Å². The normalized spacial score (nSPS) is 10.8. The zero-order valence-electron chi connectivity index (χ0n) is 14.3. The summed E-state index contributed by atoms with van der Waals surface area (Å²) in [6.07, 6.45) is 0.378. The van der Waals surface area contributed by atoms with E-state index in [9.17, 15) is 18.0 Å². The van der Waals surface area contributed by atoms with Gasteiger partial charge < -0.3 is 15.0 Å². The Morgan fingerprint density at radius 1 is 1.07 bits per heavy atom. The summed E-state index contributed by atoms with van der Waals surface area (Å²) in [7, 11) is 0. The first kappa shape index (κ1) is 20.7. The molecule has 0 unspecified atom stereocenters. The van der Waals surface area contributed by atoms with Crippen molar-refractivity contribution in [2.24, 2.45) is 0 Å². The second-order valence-corrected chi connectivity index (χ2v) is 5.50. The number of aryl methyl sites for hydroxylation is 1. The van der Waals surface area contributed by atoms with Crippen LogP contribution in [0.5, 0.6) is 0 Å². The Kier molecular flexibility index (Phi) is 6.59. The Morgan fingerprint density at radius 3 is 2.18 bits per heavy atom. The molecule has 0 radical (unpaired) electrons. The van der Waals surface area contributed by atoms with Gasteiger partial charge in [0.25, 0.3) is 0 Å². The number of carboxylic acid groups (broad SMARTS) is 2. The summed E-state index contributed by atoms with van der Waals surface area (Å²) in [5.74, 6) is -3.81. The molecule has 3 rings (SSSR count). The number of nitrogens with zero attached hydrogens (tertiary/aromatic N) is 3. The number of aliphatic carboxylic acids is 2. The fraction of sp³-hybridized carbons (Fsp3) is 0.167. The van der Waals surface area contributed by atoms with E-state index in [1.54, 1.807) is 6.20 Å². The zero-order chi connectivity index (χ0) is 20.7. The number of alkyl halides is 3. The zero-order valence-corrected chi connectivity index (χ0v) is 14.3. The van der Waals surface area contributed by atoms with Crippen LogP contribution >= 0.6 is 0 Å². The number of carbonyl (C=O) groups excluding carboxylic acids is 1. The number of fused-ring (bicyclic) bond motifs is 1. The fourth-order valence-electron chi connectivity index (χ4n) is 2.10. The van der Waals surface area contributed by atoms with Gasteiger partial charge in [-0.1, -0.05) is 12.1 Å². The number of aromatic nitrogens is 3. The molecule has 1 N–H and O–H groups in total. The van der Waals surface area contributed by atoms with Crippen molar-refractivity contribution in [2.45, 2.75) is 19.1 Å². The van der Waals surface area contributed by atoms with E-state index in [-0.39, 0.29) is 6.42 Å². The molecule has 3 aromatic rings. The molecule has 28 heavy (non-hydrogen) atoms. The molecular weight excluding hydrogens is 379 g/mol. The van der Waals surface area contributed by atoms with E-state index in [0.29, 0.717) is 6.54 Å². The molecule has 0 fully saturated rings. The smallest absolute Gasteiger partial charge is 0.430 e. The Hall–Kier alpha value is -3.56. The van der Waals surface area contributed by atoms with Crippen LogP contribution in [0.2, 0.25) is 0 Å². The molecule has 0 aliphatic carbocycles. The molecular formula is C18H14F3N3O4. The van der Waals surface area contributed by atoms with Crippen LogP contribution in [0.25, 0.3) is 22.3 Å². The van der Waals surface area contributed by atoms with Crippen LogP contribution in [-0.2, 0) is 16.1 Å². The number of benzene rings is 1. The highest BCUT2D eigenvalue weighted by atomic mass is 19.4. The summed E-state index contributed by atoms with van der Waals surface area (Å²) < 4.78 is 33.4. The average molecular weight is 393 g/mol. The monoisotopic (exact) mass is 393 g/mol. The number of hydrogen-bond donors (Lipinski definition) is 1. The quantitative estimate of drug-likeness (QED) is 0.671. The number of carboxylic acids is 2. The number of rotatable bonds is 4. The van der Waals surface area contributed by atoms with Crippen LogP contribution in [0.1, 0.15) is 6.42 Å². The third-order valence-electron chi connectivity index (χ3n) is 3.45. The molecule has 2 aromatic heterocycles. The largest absolute Gasteiger partial charge is 0.542 e. The van der Waals surface area contributed by atoms with E-state index in [1.807, 2.05) is 53.4 Å². The second kappa shape index (κ2) is 8.89. The predicted octanol–water partition coefficient (Wildman–Crippen LogP) is 1.36. The van der Waals surface area contributed by atoms with Gasteiger partial charge in [0.15, 0.2) is 18.9 Å². The maximum absolute atomic E-state index is 10.6. The molecule has 0 spiro atoms. The first-order chi connectivity index (χ1) is 13.2. The highest BCUT2D eigenvalue weighted by Gasteiger charge is 2.28. The molecule has 2 heterocycles. The number of carbonyl (C=O) groups is 2. The van der Waals surface area contributed by atoms with Crippen LogP contribution in [-0.4, -0.2) is 33.2 Å². The Balaban J connectivity index is 0.000000345. The standard InChI is InChI=1S/C16H13N3O2.C2HF3O2/c20-16(21)7-10-19-8-5-12(6-9-19)15-11-17-13-3-1-2-4-14(13)18-15;3-2(4,5)1(6)7/h1-6,8-9,11H,7,10H2;(H,6,7). The van der Waals surface area contributed by atoms with E-state index in [1.165, 1.54) is 0 Å². The van der Waals surface area contributed by atoms with Gasteiger partial charge in [0.1, 0.15) is 12.4 Å². The van der Waals surface area contributed by atoms with Gasteiger partial charge in [-0.05, 0) is 12.1 Å². The van der Waals surface area contributed by atoms with Gasteiger partial charge in [0, 0.05) is 17.7 Å². The van der Waals surface area contributed by atoms with E-state index in [2.05, 4.69) is 9.97 Å². The number of halogens is 3. The summed E-state index contributed by atoms with van der Waals surface area (Å²) in [6, 6.07) is 11.6. The lowest BCUT2D eigenvalue weighted by atomic mass is 10.2. The molecule has 10 heteroatoms. The van der Waals surface area contributed by atoms with Gasteiger partial charge in [-0.3, -0.25) is 9.78 Å². The number of pyridine rings is 1. The van der Waals surface area contributed by atoms with Gasteiger partial charge >= 0.3 is 12.1 Å². The summed E-state index contributed by atoms with van der Waals surface area (Å²) >= 11 is 0. The van der Waals surface area contributed by atoms with Crippen LogP contribution < -0.4 is 9.67 Å². The predicted molar refractivity (Wildman–Crippen MR) is 88.5 cm³/mol. The molecule has 0 bridgehead atoms. The van der Waals surface area contributed by atoms with Crippen LogP contribution in [0.4, 0.5) is 13.2 Å². The van der Waals surface area contributed by atoms with Crippen molar-refractivity contribution < 1.29 is 37.5 Å². The lowest BCUT2D eigenvalue weighted by molar-refractivity contribution is -0.695. The average Bonchev–Trinajstić information content (AvgIpc) is 2.66. The molecule has 0 amide bonds. The highest BCUT2D eigenvalue weighted by molar-refractivity contribution is 5.76. The minimum Gasteiger partial charge on any atom is -0.542 e. The van der Waals surface area contributed by atoms with Gasteiger partial charge in [-0.2, -0.15) is 13.2 Å². The molecule has 0 atom stereocenters. The SMILES string of the molecule is O=C(O)CC[n+]1ccc(-c2cnc3ccccc3n2)cc1.O=C([O-])C(F)(F)F. The summed E-state index contributed by atoms with van der Waals surface area (Å²) in [5, 5.41) is 17.5. The van der Waals surface area contributed by atoms with Crippen molar-refractivity contribution in [1.29, 1.82) is 0 Å². The van der Waals surface area contributed by atoms with E-state index in [0.717, 1.165) is 22.3 Å². The Morgan fingerprint density at radius 2 is 1.64 bits per heavy atom. The van der Waals surface area contributed by atoms with Gasteiger partial charge in [0.2, 0.25) is 0 Å². The van der Waals surface area contributed by atoms with Crippen molar-refractivity contribution in [2.75, 3.05) is 0 Å². The molecule has 0 aliphatic rings. The lowest BCUT2D eigenvalue weighted by Gasteiger charge is -2.03. The maximum Gasteiger partial charge on any atom is 0.430 e. The van der Waals surface area contributed by atoms with E-state index < -0.39 is 18.1 Å². The molecule has 0 saturated carbocycles. The molecule has 7 nitrogen and oxygen atoms in total. The Labute approximate surface area is 156 Å². The number of hydrogen-bond acceptors (Lipinski definition) is 5. The van der Waals surface area contributed by atoms with Crippen molar-refractivity contribution >= 4 is 23.0 Å². The van der Waals surface area contributed by atoms with Crippen molar-refractivity contribution in [1.82, 2.24) is 9.97 Å². The molecule has 1 aromatic carbocycles. The van der Waals surface area contributed by atoms with Crippen LogP contribution in [0.3, 0.4) is 0 Å². The van der Waals surface area contributed by atoms with Crippen LogP contribution in [0, 0.1) is 0 Å². The fourth-order valence-corrected chi connectivity index (χ4v) is 2.10. The van der Waals surface area contributed by atoms with Gasteiger partial charge in [-0.15, -0.1) is 0 Å². The van der Waals surface area contributed by atoms with Crippen molar-refractivity contribution in [3.8, 4) is 11.3 Å². The van der Waals surface area contributed by atoms with Crippen molar-refractivity contribution in [3.63, 3.8) is 0 Å². The first-order valence-corrected chi connectivity index (χ1v) is 7.88. The highest BCUT2D eigenvalue weighted by Crippen LogP contribution is 2.17. The Bertz CT molecular complexity index is 976. The molecule has 146 valence electrons. The van der Waals surface area contributed by atoms with E-state index in [4.69, 9.17) is 15.0 Å². The van der Waals surface area contributed by atoms with Gasteiger partial charge in [0.05, 0.1) is 22.9 Å². The molecule has 0 saturated heterocycles. The summed E-state index contributed by atoms with van der Waals surface area (Å²) in [4.78, 5) is 28.3. The number of para-hydroxylation sites is 2. The first-order valence-electron chi connectivity index (χ1n) is 7.88. The topological polar surface area (TPSA) is 107 Å².